The third-order valence-electron chi connectivity index (χ3n) is 9.53. The summed E-state index contributed by atoms with van der Waals surface area (Å²) in [6, 6.07) is 0. The van der Waals surface area contributed by atoms with Gasteiger partial charge in [0, 0.05) is 49.7 Å². The van der Waals surface area contributed by atoms with Crippen molar-refractivity contribution in [3.05, 3.63) is 0 Å². The first kappa shape index (κ1) is 28.2. The summed E-state index contributed by atoms with van der Waals surface area (Å²) < 4.78 is 12.1. The molecule has 0 saturated heterocycles. The molecule has 4 fully saturated rings. The Morgan fingerprint density at radius 3 is 1.31 bits per heavy atom. The first-order chi connectivity index (χ1) is 17.5. The molecule has 6 atom stereocenters. The average molecular weight is 507 g/mol. The molecule has 4 aliphatic rings. The number of unbranched alkanes of at least 4 members (excludes halogenated alkanes) is 1. The Hall–Kier alpha value is -0.820. The number of ether oxygens (including phenoxy) is 2. The van der Waals surface area contributed by atoms with Gasteiger partial charge in [0.1, 0.15) is 11.6 Å². The summed E-state index contributed by atoms with van der Waals surface area (Å²) in [5.41, 5.74) is 0. The molecule has 0 amide bonds. The van der Waals surface area contributed by atoms with E-state index in [0.29, 0.717) is 37.6 Å². The Kier molecular flexibility index (Phi) is 11.3. The van der Waals surface area contributed by atoms with E-state index in [2.05, 4.69) is 0 Å². The second-order valence-electron chi connectivity index (χ2n) is 12.1. The molecule has 6 nitrogen and oxygen atoms in total. The second-order valence-corrected chi connectivity index (χ2v) is 12.1. The van der Waals surface area contributed by atoms with Gasteiger partial charge < -0.3 is 19.7 Å². The lowest BCUT2D eigenvalue weighted by Gasteiger charge is -2.35. The molecule has 0 aromatic heterocycles. The number of hydrogen-bond donors (Lipinski definition) is 2. The summed E-state index contributed by atoms with van der Waals surface area (Å²) in [5, 5.41) is 21.2. The van der Waals surface area contributed by atoms with Gasteiger partial charge in [-0.25, -0.2) is 0 Å². The average Bonchev–Trinajstić information content (AvgIpc) is 2.91. The molecule has 0 radical (unpaired) electrons. The number of rotatable bonds is 11. The van der Waals surface area contributed by atoms with Crippen molar-refractivity contribution in [3.63, 3.8) is 0 Å². The third-order valence-corrected chi connectivity index (χ3v) is 9.53. The van der Waals surface area contributed by atoms with Gasteiger partial charge in [0.25, 0.3) is 0 Å². The van der Waals surface area contributed by atoms with Crippen LogP contribution in [0.25, 0.3) is 0 Å². The third kappa shape index (κ3) is 7.85. The number of carbonyl (C=O) groups is 2. The Morgan fingerprint density at radius 1 is 0.556 bits per heavy atom. The smallest absolute Gasteiger partial charge is 0.141 e. The van der Waals surface area contributed by atoms with Crippen LogP contribution in [-0.2, 0) is 19.1 Å². The van der Waals surface area contributed by atoms with E-state index in [9.17, 15) is 19.8 Å². The summed E-state index contributed by atoms with van der Waals surface area (Å²) in [7, 11) is 0. The van der Waals surface area contributed by atoms with E-state index in [-0.39, 0.29) is 35.9 Å². The van der Waals surface area contributed by atoms with Crippen LogP contribution in [0.3, 0.4) is 0 Å². The van der Waals surface area contributed by atoms with Crippen LogP contribution in [0.4, 0.5) is 0 Å². The molecule has 0 aromatic rings. The number of ketones is 2. The highest BCUT2D eigenvalue weighted by atomic mass is 16.5. The van der Waals surface area contributed by atoms with Crippen molar-refractivity contribution in [1.29, 1.82) is 0 Å². The highest BCUT2D eigenvalue weighted by Gasteiger charge is 2.38. The zero-order valence-corrected chi connectivity index (χ0v) is 22.3. The zero-order chi connectivity index (χ0) is 25.3. The molecule has 2 N–H and O–H groups in total. The quantitative estimate of drug-likeness (QED) is 0.376. The maximum atomic E-state index is 12.8. The fourth-order valence-corrected chi connectivity index (χ4v) is 7.27. The van der Waals surface area contributed by atoms with Crippen molar-refractivity contribution in [2.45, 2.75) is 140 Å². The minimum Gasteiger partial charge on any atom is -0.392 e. The van der Waals surface area contributed by atoms with Gasteiger partial charge in [0.2, 0.25) is 0 Å². The highest BCUT2D eigenvalue weighted by molar-refractivity contribution is 5.84. The summed E-state index contributed by atoms with van der Waals surface area (Å²) >= 11 is 0. The van der Waals surface area contributed by atoms with Gasteiger partial charge in [-0.1, -0.05) is 38.5 Å². The number of Topliss-reactive ketones (excluding diaryl/α,β-unsaturated/α-hetero) is 2. The predicted molar refractivity (Wildman–Crippen MR) is 139 cm³/mol. The standard InChI is InChI=1S/C30H50O6/c31-27-19-23(13-15-25(27)29(33)21-9-3-1-4-10-21)35-17-7-8-18-36-24-14-16-26(28(32)20-24)30(34)22-11-5-2-6-12-22/h21-28,31-32H,1-20H2. The predicted octanol–water partition coefficient (Wildman–Crippen LogP) is 5.16. The lowest BCUT2D eigenvalue weighted by atomic mass is 9.74. The van der Waals surface area contributed by atoms with Gasteiger partial charge in [0.15, 0.2) is 0 Å². The fraction of sp³-hybridized carbons (Fsp3) is 0.933. The van der Waals surface area contributed by atoms with Crippen LogP contribution < -0.4 is 0 Å². The molecule has 206 valence electrons. The van der Waals surface area contributed by atoms with Crippen molar-refractivity contribution >= 4 is 11.6 Å². The van der Waals surface area contributed by atoms with E-state index in [0.717, 1.165) is 89.9 Å². The molecule has 6 heteroatoms. The summed E-state index contributed by atoms with van der Waals surface area (Å²) in [6.07, 6.45) is 16.2. The van der Waals surface area contributed by atoms with Gasteiger partial charge in [-0.2, -0.15) is 0 Å². The van der Waals surface area contributed by atoms with Gasteiger partial charge >= 0.3 is 0 Å². The fourth-order valence-electron chi connectivity index (χ4n) is 7.27. The molecule has 0 bridgehead atoms. The molecular weight excluding hydrogens is 456 g/mol. The van der Waals surface area contributed by atoms with Gasteiger partial charge in [0.05, 0.1) is 24.4 Å². The zero-order valence-electron chi connectivity index (χ0n) is 22.3. The molecule has 4 rings (SSSR count). The molecule has 0 heterocycles. The van der Waals surface area contributed by atoms with E-state index in [1.54, 1.807) is 0 Å². The molecule has 0 spiro atoms. The van der Waals surface area contributed by atoms with Crippen LogP contribution in [0, 0.1) is 23.7 Å². The van der Waals surface area contributed by atoms with Gasteiger partial charge in [-0.15, -0.1) is 0 Å². The summed E-state index contributed by atoms with van der Waals surface area (Å²) in [6.45, 7) is 1.29. The van der Waals surface area contributed by atoms with Gasteiger partial charge in [-0.3, -0.25) is 9.59 Å². The molecule has 6 unspecified atom stereocenters. The van der Waals surface area contributed by atoms with Crippen LogP contribution in [0.5, 0.6) is 0 Å². The topological polar surface area (TPSA) is 93.1 Å². The number of aliphatic hydroxyl groups excluding tert-OH is 2. The Labute approximate surface area is 217 Å². The Morgan fingerprint density at radius 2 is 0.944 bits per heavy atom. The van der Waals surface area contributed by atoms with Crippen LogP contribution in [0.2, 0.25) is 0 Å². The Bertz CT molecular complexity index is 625. The first-order valence-electron chi connectivity index (χ1n) is 15.2. The maximum Gasteiger partial charge on any atom is 0.141 e. The summed E-state index contributed by atoms with van der Waals surface area (Å²) in [4.78, 5) is 25.7. The SMILES string of the molecule is O=C(C1CCCCC1)C1CCC(OCCCCOC2CCC(C(=O)C3CCCCC3)C(O)C2)CC1O. The molecule has 4 aliphatic carbocycles. The minimum atomic E-state index is -0.562. The number of hydrogen-bond acceptors (Lipinski definition) is 6. The van der Waals surface area contributed by atoms with Crippen molar-refractivity contribution in [1.82, 2.24) is 0 Å². The number of carbonyl (C=O) groups excluding carboxylic acids is 2. The van der Waals surface area contributed by atoms with Crippen molar-refractivity contribution in [2.24, 2.45) is 23.7 Å². The van der Waals surface area contributed by atoms with Gasteiger partial charge in [-0.05, 0) is 64.2 Å². The van der Waals surface area contributed by atoms with E-state index < -0.39 is 12.2 Å². The molecule has 4 saturated carbocycles. The first-order valence-corrected chi connectivity index (χ1v) is 15.2. The second kappa shape index (κ2) is 14.4. The van der Waals surface area contributed by atoms with Crippen molar-refractivity contribution < 1.29 is 29.3 Å². The molecule has 36 heavy (non-hydrogen) atoms. The van der Waals surface area contributed by atoms with E-state index in [1.807, 2.05) is 0 Å². The van der Waals surface area contributed by atoms with E-state index in [4.69, 9.17) is 9.47 Å². The van der Waals surface area contributed by atoms with E-state index >= 15 is 0 Å². The monoisotopic (exact) mass is 506 g/mol. The number of aliphatic hydroxyl groups is 2. The maximum absolute atomic E-state index is 12.8. The van der Waals surface area contributed by atoms with Crippen LogP contribution in [-0.4, -0.2) is 59.4 Å². The van der Waals surface area contributed by atoms with Crippen molar-refractivity contribution in [3.8, 4) is 0 Å². The highest BCUT2D eigenvalue weighted by Crippen LogP contribution is 2.35. The lowest BCUT2D eigenvalue weighted by Crippen LogP contribution is -2.40. The molecule has 0 aliphatic heterocycles. The minimum absolute atomic E-state index is 0.0449. The summed E-state index contributed by atoms with van der Waals surface area (Å²) in [5.74, 6) is 0.564. The van der Waals surface area contributed by atoms with Crippen LogP contribution >= 0.6 is 0 Å². The molecule has 0 aromatic carbocycles. The lowest BCUT2D eigenvalue weighted by molar-refractivity contribution is -0.137. The largest absolute Gasteiger partial charge is 0.392 e. The molecular formula is C30H50O6. The van der Waals surface area contributed by atoms with Crippen molar-refractivity contribution in [2.75, 3.05) is 13.2 Å². The normalized spacial score (nSPS) is 34.9. The van der Waals surface area contributed by atoms with E-state index in [1.165, 1.54) is 12.8 Å². The van der Waals surface area contributed by atoms with Crippen LogP contribution in [0.15, 0.2) is 0 Å². The Balaban J connectivity index is 1.05. The van der Waals surface area contributed by atoms with Crippen LogP contribution in [0.1, 0.15) is 116 Å².